The van der Waals surface area contributed by atoms with E-state index in [-0.39, 0.29) is 0 Å². The van der Waals surface area contributed by atoms with Gasteiger partial charge in [-0.25, -0.2) is 4.98 Å². The summed E-state index contributed by atoms with van der Waals surface area (Å²) in [6, 6.07) is 4.26. The molecule has 1 aromatic heterocycles. The fourth-order valence-electron chi connectivity index (χ4n) is 2.72. The molecule has 2 atom stereocenters. The molecule has 90 valence electrons. The average Bonchev–Trinajstić information content (AvgIpc) is 2.29. The number of pyridine rings is 1. The van der Waals surface area contributed by atoms with Crippen LogP contribution in [0.4, 0.5) is 5.82 Å². The number of aromatic nitrogens is 1. The van der Waals surface area contributed by atoms with Crippen LogP contribution in [0.3, 0.4) is 0 Å². The first kappa shape index (κ1) is 11.9. The fraction of sp³-hybridized carbons (Fsp3) is 0.571. The van der Waals surface area contributed by atoms with Crippen LogP contribution >= 0.6 is 0 Å². The molecule has 0 aromatic carbocycles. The first-order valence-corrected chi connectivity index (χ1v) is 6.33. The molecule has 2 unspecified atom stereocenters. The molecule has 17 heavy (non-hydrogen) atoms. The first-order valence-electron chi connectivity index (χ1n) is 6.33. The summed E-state index contributed by atoms with van der Waals surface area (Å²) in [6.45, 7) is 7.31. The van der Waals surface area contributed by atoms with Crippen molar-refractivity contribution in [2.45, 2.75) is 39.5 Å². The Morgan fingerprint density at radius 2 is 2.29 bits per heavy atom. The molecule has 1 aliphatic carbocycles. The summed E-state index contributed by atoms with van der Waals surface area (Å²) in [5, 5.41) is 12.3. The minimum Gasteiger partial charge on any atom is -0.369 e. The largest absolute Gasteiger partial charge is 0.369 e. The molecule has 1 N–H and O–H groups in total. The van der Waals surface area contributed by atoms with Gasteiger partial charge in [-0.3, -0.25) is 0 Å². The molecule has 0 saturated heterocycles. The second-order valence-electron chi connectivity index (χ2n) is 5.02. The lowest BCUT2D eigenvalue weighted by Crippen LogP contribution is -2.18. The molecule has 0 fully saturated rings. The van der Waals surface area contributed by atoms with E-state index in [2.05, 4.69) is 30.2 Å². The highest BCUT2D eigenvalue weighted by atomic mass is 15.0. The maximum absolute atomic E-state index is 9.15. The van der Waals surface area contributed by atoms with Crippen LogP contribution in [0, 0.1) is 17.2 Å². The van der Waals surface area contributed by atoms with E-state index < -0.39 is 0 Å². The van der Waals surface area contributed by atoms with Gasteiger partial charge in [0.05, 0.1) is 5.56 Å². The highest BCUT2D eigenvalue weighted by Crippen LogP contribution is 2.34. The predicted molar refractivity (Wildman–Crippen MR) is 69.0 cm³/mol. The number of hydrogen-bond donors (Lipinski definition) is 1. The van der Waals surface area contributed by atoms with E-state index in [9.17, 15) is 0 Å². The Labute approximate surface area is 103 Å². The Morgan fingerprint density at radius 3 is 2.94 bits per heavy atom. The molecule has 0 saturated carbocycles. The Balaban J connectivity index is 2.47. The predicted octanol–water partition coefficient (Wildman–Crippen LogP) is 3.07. The summed E-state index contributed by atoms with van der Waals surface area (Å²) < 4.78 is 0. The van der Waals surface area contributed by atoms with Crippen molar-refractivity contribution >= 4 is 5.82 Å². The summed E-state index contributed by atoms with van der Waals surface area (Å²) in [7, 11) is 0. The van der Waals surface area contributed by atoms with Crippen LogP contribution in [0.1, 0.15) is 49.9 Å². The summed E-state index contributed by atoms with van der Waals surface area (Å²) in [6.07, 6.45) is 2.24. The number of fused-ring (bicyclic) bond motifs is 1. The van der Waals surface area contributed by atoms with Gasteiger partial charge in [0.2, 0.25) is 0 Å². The summed E-state index contributed by atoms with van der Waals surface area (Å²) in [5.41, 5.74) is 3.11. The standard InChI is InChI=1S/C14H19N3/c1-4-16-14-12(8-15)7-11-6-9(2)5-10(3)13(11)17-14/h7,9-10H,4-6H2,1-3H3,(H,16,17). The molecule has 0 spiro atoms. The van der Waals surface area contributed by atoms with Crippen LogP contribution in [0.25, 0.3) is 0 Å². The van der Waals surface area contributed by atoms with Crippen molar-refractivity contribution in [2.75, 3.05) is 11.9 Å². The fourth-order valence-corrected chi connectivity index (χ4v) is 2.72. The molecule has 0 radical (unpaired) electrons. The molecule has 1 aliphatic rings. The molecule has 2 rings (SSSR count). The normalized spacial score (nSPS) is 22.7. The number of nitriles is 1. The van der Waals surface area contributed by atoms with Crippen molar-refractivity contribution in [1.82, 2.24) is 4.98 Å². The minimum atomic E-state index is 0.499. The van der Waals surface area contributed by atoms with Gasteiger partial charge in [-0.15, -0.1) is 0 Å². The van der Waals surface area contributed by atoms with Crippen molar-refractivity contribution in [3.63, 3.8) is 0 Å². The van der Waals surface area contributed by atoms with Crippen LogP contribution in [0.5, 0.6) is 0 Å². The van der Waals surface area contributed by atoms with Crippen LogP contribution in [0.15, 0.2) is 6.07 Å². The van der Waals surface area contributed by atoms with E-state index >= 15 is 0 Å². The Hall–Kier alpha value is -1.56. The number of rotatable bonds is 2. The Morgan fingerprint density at radius 1 is 1.53 bits per heavy atom. The third-order valence-electron chi connectivity index (χ3n) is 3.39. The highest BCUT2D eigenvalue weighted by Gasteiger charge is 2.24. The van der Waals surface area contributed by atoms with Gasteiger partial charge in [-0.05, 0) is 43.2 Å². The number of anilines is 1. The van der Waals surface area contributed by atoms with Gasteiger partial charge in [0.15, 0.2) is 0 Å². The van der Waals surface area contributed by atoms with Crippen molar-refractivity contribution in [1.29, 1.82) is 5.26 Å². The molecule has 0 bridgehead atoms. The third kappa shape index (κ3) is 2.26. The average molecular weight is 229 g/mol. The maximum Gasteiger partial charge on any atom is 0.144 e. The smallest absolute Gasteiger partial charge is 0.144 e. The van der Waals surface area contributed by atoms with E-state index in [4.69, 9.17) is 5.26 Å². The number of nitrogens with one attached hydrogen (secondary N) is 1. The van der Waals surface area contributed by atoms with Crippen molar-refractivity contribution in [3.05, 3.63) is 22.9 Å². The van der Waals surface area contributed by atoms with Crippen molar-refractivity contribution in [2.24, 2.45) is 5.92 Å². The van der Waals surface area contributed by atoms with Crippen LogP contribution < -0.4 is 5.32 Å². The molecular weight excluding hydrogens is 210 g/mol. The summed E-state index contributed by atoms with van der Waals surface area (Å²) >= 11 is 0. The van der Waals surface area contributed by atoms with Gasteiger partial charge in [0, 0.05) is 12.2 Å². The molecule has 1 aromatic rings. The van der Waals surface area contributed by atoms with Crippen molar-refractivity contribution in [3.8, 4) is 6.07 Å². The zero-order valence-electron chi connectivity index (χ0n) is 10.7. The van der Waals surface area contributed by atoms with Gasteiger partial charge in [0.25, 0.3) is 0 Å². The molecule has 0 amide bonds. The highest BCUT2D eigenvalue weighted by molar-refractivity contribution is 5.55. The van der Waals surface area contributed by atoms with Gasteiger partial charge in [-0.1, -0.05) is 13.8 Å². The third-order valence-corrected chi connectivity index (χ3v) is 3.39. The second kappa shape index (κ2) is 4.75. The van der Waals surface area contributed by atoms with Gasteiger partial charge in [-0.2, -0.15) is 5.26 Å². The lowest BCUT2D eigenvalue weighted by atomic mass is 9.81. The maximum atomic E-state index is 9.15. The zero-order valence-corrected chi connectivity index (χ0v) is 10.7. The van der Waals surface area contributed by atoms with Gasteiger partial charge < -0.3 is 5.32 Å². The summed E-state index contributed by atoms with van der Waals surface area (Å²) in [5.74, 6) is 1.94. The minimum absolute atomic E-state index is 0.499. The first-order chi connectivity index (χ1) is 8.15. The lowest BCUT2D eigenvalue weighted by molar-refractivity contribution is 0.441. The van der Waals surface area contributed by atoms with Crippen LogP contribution in [-0.2, 0) is 6.42 Å². The second-order valence-corrected chi connectivity index (χ2v) is 5.02. The van der Waals surface area contributed by atoms with E-state index in [1.54, 1.807) is 0 Å². The quantitative estimate of drug-likeness (QED) is 0.847. The van der Waals surface area contributed by atoms with Gasteiger partial charge >= 0.3 is 0 Å². The van der Waals surface area contributed by atoms with E-state index in [1.165, 1.54) is 17.7 Å². The Kier molecular flexibility index (Phi) is 3.33. The Bertz CT molecular complexity index is 459. The molecule has 1 heterocycles. The van der Waals surface area contributed by atoms with E-state index in [1.807, 2.05) is 13.0 Å². The molecule has 0 aliphatic heterocycles. The number of hydrogen-bond acceptors (Lipinski definition) is 3. The SMILES string of the molecule is CCNc1nc2c(cc1C#N)CC(C)CC2C. The molecule has 3 heteroatoms. The number of nitrogens with zero attached hydrogens (tertiary/aromatic N) is 2. The van der Waals surface area contributed by atoms with Crippen LogP contribution in [-0.4, -0.2) is 11.5 Å². The molecular formula is C14H19N3. The van der Waals surface area contributed by atoms with Crippen LogP contribution in [0.2, 0.25) is 0 Å². The van der Waals surface area contributed by atoms with E-state index in [0.717, 1.165) is 18.8 Å². The van der Waals surface area contributed by atoms with Gasteiger partial charge in [0.1, 0.15) is 11.9 Å². The summed E-state index contributed by atoms with van der Waals surface area (Å²) in [4.78, 5) is 4.66. The monoisotopic (exact) mass is 229 g/mol. The topological polar surface area (TPSA) is 48.7 Å². The molecule has 3 nitrogen and oxygen atoms in total. The van der Waals surface area contributed by atoms with E-state index in [0.29, 0.717) is 17.4 Å². The lowest BCUT2D eigenvalue weighted by Gasteiger charge is -2.27. The van der Waals surface area contributed by atoms with Crippen molar-refractivity contribution < 1.29 is 0 Å². The zero-order chi connectivity index (χ0) is 12.4.